The predicted molar refractivity (Wildman–Crippen MR) is 132 cm³/mol. The first kappa shape index (κ1) is 23.9. The second-order valence-electron chi connectivity index (χ2n) is 9.17. The van der Waals surface area contributed by atoms with Gasteiger partial charge in [0.1, 0.15) is 5.02 Å². The first-order chi connectivity index (χ1) is 15.8. The first-order valence-corrected chi connectivity index (χ1v) is 12.3. The van der Waals surface area contributed by atoms with Crippen molar-refractivity contribution in [2.45, 2.75) is 63.9 Å². The highest BCUT2D eigenvalue weighted by Gasteiger charge is 2.26. The summed E-state index contributed by atoms with van der Waals surface area (Å²) in [6.45, 7) is 12.7. The maximum atomic E-state index is 6.47. The SMILES string of the molecule is CCOc1cnc(C(C)N2CCc3ccc(SNc4noc(C(C)(C)C)c4Cl)cc3C2)cn1. The third kappa shape index (κ3) is 5.45. The summed E-state index contributed by atoms with van der Waals surface area (Å²) in [7, 11) is 0. The van der Waals surface area contributed by atoms with Crippen LogP contribution in [-0.2, 0) is 18.4 Å². The number of benzene rings is 1. The van der Waals surface area contributed by atoms with Crippen LogP contribution in [0.2, 0.25) is 5.02 Å². The van der Waals surface area contributed by atoms with Crippen LogP contribution in [-0.4, -0.2) is 33.2 Å². The Morgan fingerprint density at radius 3 is 2.73 bits per heavy atom. The van der Waals surface area contributed by atoms with Crippen LogP contribution < -0.4 is 9.46 Å². The van der Waals surface area contributed by atoms with E-state index in [0.29, 0.717) is 29.1 Å². The summed E-state index contributed by atoms with van der Waals surface area (Å²) >= 11 is 7.96. The Morgan fingerprint density at radius 2 is 2.06 bits per heavy atom. The molecule has 3 heterocycles. The van der Waals surface area contributed by atoms with Gasteiger partial charge in [-0.15, -0.1) is 0 Å². The normalized spacial score (nSPS) is 15.2. The van der Waals surface area contributed by atoms with E-state index in [-0.39, 0.29) is 11.5 Å². The van der Waals surface area contributed by atoms with Crippen molar-refractivity contribution < 1.29 is 9.26 Å². The molecular formula is C24H30ClN5O2S. The summed E-state index contributed by atoms with van der Waals surface area (Å²) in [5, 5.41) is 4.63. The van der Waals surface area contributed by atoms with Crippen LogP contribution in [0, 0.1) is 0 Å². The van der Waals surface area contributed by atoms with E-state index in [4.69, 9.17) is 20.9 Å². The second-order valence-corrected chi connectivity index (χ2v) is 10.4. The Morgan fingerprint density at radius 1 is 1.24 bits per heavy atom. The largest absolute Gasteiger partial charge is 0.477 e. The molecule has 1 unspecified atom stereocenters. The van der Waals surface area contributed by atoms with Gasteiger partial charge in [-0.05, 0) is 55.5 Å². The highest BCUT2D eigenvalue weighted by Crippen LogP contribution is 2.37. The van der Waals surface area contributed by atoms with Crippen LogP contribution in [0.15, 0.2) is 40.0 Å². The summed E-state index contributed by atoms with van der Waals surface area (Å²) in [5.41, 5.74) is 3.45. The van der Waals surface area contributed by atoms with Crippen LogP contribution in [0.4, 0.5) is 5.82 Å². The van der Waals surface area contributed by atoms with E-state index >= 15 is 0 Å². The van der Waals surface area contributed by atoms with Crippen molar-refractivity contribution in [3.8, 4) is 5.88 Å². The molecule has 1 atom stereocenters. The van der Waals surface area contributed by atoms with Crippen LogP contribution in [0.3, 0.4) is 0 Å². The quantitative estimate of drug-likeness (QED) is 0.403. The van der Waals surface area contributed by atoms with Crippen molar-refractivity contribution in [3.05, 3.63) is 58.2 Å². The Kier molecular flexibility index (Phi) is 7.16. The van der Waals surface area contributed by atoms with Crippen LogP contribution in [0.25, 0.3) is 0 Å². The van der Waals surface area contributed by atoms with Crippen LogP contribution >= 0.6 is 23.5 Å². The molecule has 0 fully saturated rings. The van der Waals surface area contributed by atoms with Gasteiger partial charge < -0.3 is 14.0 Å². The molecule has 2 aromatic heterocycles. The molecule has 1 N–H and O–H groups in total. The van der Waals surface area contributed by atoms with Crippen molar-refractivity contribution in [1.29, 1.82) is 0 Å². The smallest absolute Gasteiger partial charge is 0.232 e. The molecule has 0 aliphatic carbocycles. The van der Waals surface area contributed by atoms with Crippen LogP contribution in [0.1, 0.15) is 63.2 Å². The second kappa shape index (κ2) is 9.91. The van der Waals surface area contributed by atoms with E-state index in [1.54, 1.807) is 6.20 Å². The zero-order chi connectivity index (χ0) is 23.6. The van der Waals surface area contributed by atoms with Gasteiger partial charge in [0, 0.05) is 23.4 Å². The van der Waals surface area contributed by atoms with E-state index < -0.39 is 0 Å². The molecule has 0 bridgehead atoms. The Labute approximate surface area is 204 Å². The van der Waals surface area contributed by atoms with Crippen molar-refractivity contribution in [1.82, 2.24) is 20.0 Å². The van der Waals surface area contributed by atoms with Crippen LogP contribution in [0.5, 0.6) is 5.88 Å². The number of hydrogen-bond acceptors (Lipinski definition) is 8. The van der Waals surface area contributed by atoms with Crippen molar-refractivity contribution in [2.75, 3.05) is 17.9 Å². The van der Waals surface area contributed by atoms with Gasteiger partial charge in [-0.1, -0.05) is 43.6 Å². The highest BCUT2D eigenvalue weighted by molar-refractivity contribution is 8.00. The molecule has 0 amide bonds. The number of anilines is 1. The van der Waals surface area contributed by atoms with E-state index in [9.17, 15) is 0 Å². The van der Waals surface area contributed by atoms with Crippen molar-refractivity contribution in [3.63, 3.8) is 0 Å². The summed E-state index contributed by atoms with van der Waals surface area (Å²) in [5.74, 6) is 1.79. The molecule has 4 rings (SSSR count). The number of aromatic nitrogens is 3. The summed E-state index contributed by atoms with van der Waals surface area (Å²) in [6, 6.07) is 6.74. The summed E-state index contributed by atoms with van der Waals surface area (Å²) in [6.07, 6.45) is 4.52. The van der Waals surface area contributed by atoms with Gasteiger partial charge in [-0.2, -0.15) is 0 Å². The zero-order valence-corrected chi connectivity index (χ0v) is 21.3. The molecule has 3 aromatic rings. The standard InChI is InChI=1S/C24H30ClN5O2S/c1-6-31-20-13-26-19(12-27-20)15(2)30-10-9-16-7-8-18(11-17(16)14-30)33-29-23-21(25)22(32-28-23)24(3,4)5/h7-8,11-13,15H,6,9-10,14H2,1-5H3,(H,28,29). The van der Waals surface area contributed by atoms with Gasteiger partial charge in [-0.3, -0.25) is 9.88 Å². The summed E-state index contributed by atoms with van der Waals surface area (Å²) in [4.78, 5) is 12.5. The molecule has 1 aliphatic heterocycles. The van der Waals surface area contributed by atoms with E-state index in [2.05, 4.69) is 49.9 Å². The Bertz CT molecular complexity index is 1100. The average molecular weight is 488 g/mol. The lowest BCUT2D eigenvalue weighted by Gasteiger charge is -2.33. The third-order valence-corrected chi connectivity index (χ3v) is 6.85. The molecule has 176 valence electrons. The van der Waals surface area contributed by atoms with Gasteiger partial charge in [0.15, 0.2) is 11.6 Å². The van der Waals surface area contributed by atoms with Gasteiger partial charge in [0.25, 0.3) is 0 Å². The maximum absolute atomic E-state index is 6.47. The number of nitrogens with one attached hydrogen (secondary N) is 1. The summed E-state index contributed by atoms with van der Waals surface area (Å²) < 4.78 is 14.1. The molecule has 1 aromatic carbocycles. The molecule has 7 nitrogen and oxygen atoms in total. The van der Waals surface area contributed by atoms with Gasteiger partial charge in [0.05, 0.1) is 30.7 Å². The predicted octanol–water partition coefficient (Wildman–Crippen LogP) is 6.05. The minimum Gasteiger partial charge on any atom is -0.477 e. The molecule has 0 saturated heterocycles. The lowest BCUT2D eigenvalue weighted by Crippen LogP contribution is -2.33. The van der Waals surface area contributed by atoms with Gasteiger partial charge in [-0.25, -0.2) is 4.98 Å². The number of nitrogens with zero attached hydrogens (tertiary/aromatic N) is 4. The average Bonchev–Trinajstić information content (AvgIpc) is 3.18. The lowest BCUT2D eigenvalue weighted by molar-refractivity contribution is 0.188. The number of halogens is 1. The molecule has 1 aliphatic rings. The van der Waals surface area contributed by atoms with Crippen molar-refractivity contribution >= 4 is 29.4 Å². The first-order valence-electron chi connectivity index (χ1n) is 11.2. The van der Waals surface area contributed by atoms with E-state index in [0.717, 1.165) is 30.1 Å². The Balaban J connectivity index is 1.42. The molecule has 0 radical (unpaired) electrons. The number of ether oxygens (including phenoxy) is 1. The molecule has 33 heavy (non-hydrogen) atoms. The third-order valence-electron chi connectivity index (χ3n) is 5.72. The molecular weight excluding hydrogens is 458 g/mol. The topological polar surface area (TPSA) is 76.3 Å². The number of fused-ring (bicyclic) bond motifs is 1. The van der Waals surface area contributed by atoms with Gasteiger partial charge in [0.2, 0.25) is 5.88 Å². The van der Waals surface area contributed by atoms with E-state index in [1.807, 2.05) is 33.9 Å². The fourth-order valence-corrected chi connectivity index (χ4v) is 4.96. The highest BCUT2D eigenvalue weighted by atomic mass is 35.5. The molecule has 0 spiro atoms. The van der Waals surface area contributed by atoms with Crippen molar-refractivity contribution in [2.24, 2.45) is 0 Å². The fourth-order valence-electron chi connectivity index (χ4n) is 3.82. The minimum absolute atomic E-state index is 0.167. The molecule has 0 saturated carbocycles. The lowest BCUT2D eigenvalue weighted by atomic mass is 9.93. The number of rotatable bonds is 7. The number of hydrogen-bond donors (Lipinski definition) is 1. The van der Waals surface area contributed by atoms with Gasteiger partial charge >= 0.3 is 0 Å². The maximum Gasteiger partial charge on any atom is 0.232 e. The van der Waals surface area contributed by atoms with E-state index in [1.165, 1.54) is 23.1 Å². The fraction of sp³-hybridized carbons (Fsp3) is 0.458. The minimum atomic E-state index is -0.200. The Hall–Kier alpha value is -2.29. The monoisotopic (exact) mass is 487 g/mol. The molecule has 9 heteroatoms. The zero-order valence-electron chi connectivity index (χ0n) is 19.7.